The van der Waals surface area contributed by atoms with Crippen molar-refractivity contribution in [2.45, 2.75) is 32.5 Å². The minimum Gasteiger partial charge on any atom is -0.374 e. The van der Waals surface area contributed by atoms with Gasteiger partial charge in [-0.15, -0.1) is 0 Å². The second-order valence-corrected chi connectivity index (χ2v) is 5.51. The Hall–Kier alpha value is -2.25. The molecule has 0 aliphatic carbocycles. The van der Waals surface area contributed by atoms with E-state index in [4.69, 9.17) is 4.52 Å². The van der Waals surface area contributed by atoms with Crippen molar-refractivity contribution in [1.29, 1.82) is 0 Å². The van der Waals surface area contributed by atoms with E-state index in [1.54, 1.807) is 6.92 Å². The fraction of sp³-hybridized carbons (Fsp3) is 0.467. The number of aromatic nitrogens is 2. The van der Waals surface area contributed by atoms with E-state index in [9.17, 15) is 13.2 Å². The lowest BCUT2D eigenvalue weighted by Gasteiger charge is -2.23. The molecule has 3 rings (SSSR count). The number of hydrogen-bond donors (Lipinski definition) is 1. The zero-order chi connectivity index (χ0) is 16.4. The number of anilines is 2. The summed E-state index contributed by atoms with van der Waals surface area (Å²) in [5, 5.41) is 6.66. The smallest absolute Gasteiger partial charge is 0.374 e. The average molecular weight is 326 g/mol. The number of benzene rings is 1. The molecule has 0 saturated carbocycles. The van der Waals surface area contributed by atoms with Crippen LogP contribution in [0.15, 0.2) is 22.7 Å². The van der Waals surface area contributed by atoms with Crippen LogP contribution in [0.1, 0.15) is 30.1 Å². The molecule has 23 heavy (non-hydrogen) atoms. The highest BCUT2D eigenvalue weighted by Crippen LogP contribution is 2.36. The SMILES string of the molecule is Cc1noc(CNc2cc(C(F)(F)F)ccc2N2CCCC2)n1. The number of nitrogens with one attached hydrogen (secondary N) is 1. The molecule has 1 aromatic carbocycles. The summed E-state index contributed by atoms with van der Waals surface area (Å²) >= 11 is 0. The van der Waals surface area contributed by atoms with Crippen LogP contribution in [0.2, 0.25) is 0 Å². The molecule has 0 radical (unpaired) electrons. The van der Waals surface area contributed by atoms with Crippen LogP contribution in [0.4, 0.5) is 24.5 Å². The predicted octanol–water partition coefficient (Wildman–Crippen LogP) is 3.61. The highest BCUT2D eigenvalue weighted by atomic mass is 19.4. The van der Waals surface area contributed by atoms with Crippen molar-refractivity contribution >= 4 is 11.4 Å². The van der Waals surface area contributed by atoms with E-state index < -0.39 is 11.7 Å². The Labute approximate surface area is 131 Å². The normalized spacial score (nSPS) is 15.2. The van der Waals surface area contributed by atoms with E-state index in [0.29, 0.717) is 17.4 Å². The van der Waals surface area contributed by atoms with Crippen LogP contribution in [0.3, 0.4) is 0 Å². The van der Waals surface area contributed by atoms with Crippen LogP contribution >= 0.6 is 0 Å². The van der Waals surface area contributed by atoms with Crippen molar-refractivity contribution in [3.05, 3.63) is 35.5 Å². The monoisotopic (exact) mass is 326 g/mol. The molecule has 0 bridgehead atoms. The van der Waals surface area contributed by atoms with Gasteiger partial charge >= 0.3 is 6.18 Å². The third kappa shape index (κ3) is 3.57. The molecule has 0 atom stereocenters. The summed E-state index contributed by atoms with van der Waals surface area (Å²) in [7, 11) is 0. The molecule has 1 aliphatic rings. The number of rotatable bonds is 4. The summed E-state index contributed by atoms with van der Waals surface area (Å²) < 4.78 is 43.9. The molecule has 1 N–H and O–H groups in total. The number of alkyl halides is 3. The number of halogens is 3. The Bertz CT molecular complexity index is 678. The second kappa shape index (κ2) is 6.10. The predicted molar refractivity (Wildman–Crippen MR) is 79.3 cm³/mol. The maximum Gasteiger partial charge on any atom is 0.416 e. The summed E-state index contributed by atoms with van der Waals surface area (Å²) in [6, 6.07) is 3.78. The Balaban J connectivity index is 1.86. The van der Waals surface area contributed by atoms with Gasteiger partial charge < -0.3 is 14.7 Å². The average Bonchev–Trinajstić information content (AvgIpc) is 3.15. The van der Waals surface area contributed by atoms with Gasteiger partial charge in [0, 0.05) is 13.1 Å². The van der Waals surface area contributed by atoms with E-state index >= 15 is 0 Å². The third-order valence-electron chi connectivity index (χ3n) is 3.77. The minimum atomic E-state index is -4.37. The van der Waals surface area contributed by atoms with Gasteiger partial charge in [-0.2, -0.15) is 18.2 Å². The molecule has 1 fully saturated rings. The highest BCUT2D eigenvalue weighted by molar-refractivity contribution is 5.71. The molecule has 0 unspecified atom stereocenters. The molecule has 0 spiro atoms. The molecule has 1 aliphatic heterocycles. The second-order valence-electron chi connectivity index (χ2n) is 5.51. The van der Waals surface area contributed by atoms with E-state index in [1.807, 2.05) is 0 Å². The van der Waals surface area contributed by atoms with Crippen molar-refractivity contribution in [2.75, 3.05) is 23.3 Å². The van der Waals surface area contributed by atoms with Gasteiger partial charge in [0.1, 0.15) is 0 Å². The molecular formula is C15H17F3N4O. The molecule has 124 valence electrons. The third-order valence-corrected chi connectivity index (χ3v) is 3.77. The molecule has 1 aromatic heterocycles. The van der Waals surface area contributed by atoms with E-state index in [1.165, 1.54) is 6.07 Å². The van der Waals surface area contributed by atoms with E-state index in [-0.39, 0.29) is 6.54 Å². The molecule has 1 saturated heterocycles. The first-order chi connectivity index (χ1) is 10.9. The fourth-order valence-corrected chi connectivity index (χ4v) is 2.67. The van der Waals surface area contributed by atoms with Crippen molar-refractivity contribution in [3.63, 3.8) is 0 Å². The zero-order valence-corrected chi connectivity index (χ0v) is 12.7. The van der Waals surface area contributed by atoms with Crippen LogP contribution in [-0.2, 0) is 12.7 Å². The van der Waals surface area contributed by atoms with Crippen molar-refractivity contribution in [3.8, 4) is 0 Å². The van der Waals surface area contributed by atoms with Gasteiger partial charge in [-0.05, 0) is 38.0 Å². The van der Waals surface area contributed by atoms with Crippen molar-refractivity contribution in [1.82, 2.24) is 10.1 Å². The summed E-state index contributed by atoms with van der Waals surface area (Å²) in [6.45, 7) is 3.56. The maximum atomic E-state index is 13.0. The molecular weight excluding hydrogens is 309 g/mol. The molecule has 8 heteroatoms. The van der Waals surface area contributed by atoms with Gasteiger partial charge in [0.05, 0.1) is 23.5 Å². The van der Waals surface area contributed by atoms with Gasteiger partial charge in [-0.1, -0.05) is 5.16 Å². The lowest BCUT2D eigenvalue weighted by atomic mass is 10.1. The van der Waals surface area contributed by atoms with Gasteiger partial charge in [-0.25, -0.2) is 0 Å². The van der Waals surface area contributed by atoms with Crippen molar-refractivity contribution < 1.29 is 17.7 Å². The standard InChI is InChI=1S/C15H17F3N4O/c1-10-20-14(23-21-10)9-19-12-8-11(15(16,17)18)4-5-13(12)22-6-2-3-7-22/h4-5,8,19H,2-3,6-7,9H2,1H3. The first-order valence-corrected chi connectivity index (χ1v) is 7.43. The molecule has 0 amide bonds. The number of nitrogens with zero attached hydrogens (tertiary/aromatic N) is 3. The summed E-state index contributed by atoms with van der Waals surface area (Å²) in [5.41, 5.74) is 0.522. The molecule has 2 aromatic rings. The molecule has 5 nitrogen and oxygen atoms in total. The van der Waals surface area contributed by atoms with Crippen LogP contribution in [0, 0.1) is 6.92 Å². The van der Waals surface area contributed by atoms with Gasteiger partial charge in [0.15, 0.2) is 5.82 Å². The summed E-state index contributed by atoms with van der Waals surface area (Å²) in [5.74, 6) is 0.831. The van der Waals surface area contributed by atoms with Crippen LogP contribution in [0.25, 0.3) is 0 Å². The Morgan fingerprint density at radius 3 is 2.61 bits per heavy atom. The Morgan fingerprint density at radius 1 is 1.26 bits per heavy atom. The largest absolute Gasteiger partial charge is 0.416 e. The Kier molecular flexibility index (Phi) is 4.14. The zero-order valence-electron chi connectivity index (χ0n) is 12.7. The van der Waals surface area contributed by atoms with E-state index in [2.05, 4.69) is 20.4 Å². The summed E-state index contributed by atoms with van der Waals surface area (Å²) in [4.78, 5) is 6.13. The fourth-order valence-electron chi connectivity index (χ4n) is 2.67. The summed E-state index contributed by atoms with van der Waals surface area (Å²) in [6.07, 6.45) is -2.28. The van der Waals surface area contributed by atoms with Crippen LogP contribution in [-0.4, -0.2) is 23.2 Å². The quantitative estimate of drug-likeness (QED) is 0.930. The number of hydrogen-bond acceptors (Lipinski definition) is 5. The van der Waals surface area contributed by atoms with E-state index in [0.717, 1.165) is 43.8 Å². The van der Waals surface area contributed by atoms with Crippen molar-refractivity contribution in [2.24, 2.45) is 0 Å². The Morgan fingerprint density at radius 2 is 2.00 bits per heavy atom. The lowest BCUT2D eigenvalue weighted by molar-refractivity contribution is -0.137. The minimum absolute atomic E-state index is 0.184. The first-order valence-electron chi connectivity index (χ1n) is 7.43. The molecule has 2 heterocycles. The first kappa shape index (κ1) is 15.6. The van der Waals surface area contributed by atoms with Crippen LogP contribution in [0.5, 0.6) is 0 Å². The topological polar surface area (TPSA) is 54.2 Å². The highest BCUT2D eigenvalue weighted by Gasteiger charge is 2.31. The number of aryl methyl sites for hydroxylation is 1. The van der Waals surface area contributed by atoms with Gasteiger partial charge in [0.25, 0.3) is 0 Å². The van der Waals surface area contributed by atoms with Crippen LogP contribution < -0.4 is 10.2 Å². The van der Waals surface area contributed by atoms with Gasteiger partial charge in [-0.3, -0.25) is 0 Å². The maximum absolute atomic E-state index is 13.0. The van der Waals surface area contributed by atoms with Gasteiger partial charge in [0.2, 0.25) is 5.89 Å². The lowest BCUT2D eigenvalue weighted by Crippen LogP contribution is -2.20.